The van der Waals surface area contributed by atoms with E-state index in [1.165, 1.54) is 13.2 Å². The third kappa shape index (κ3) is 7.17. The van der Waals surface area contributed by atoms with Crippen LogP contribution in [0.1, 0.15) is 25.8 Å². The maximum absolute atomic E-state index is 12.5. The van der Waals surface area contributed by atoms with Crippen LogP contribution in [0.2, 0.25) is 0 Å². The average molecular weight is 329 g/mol. The van der Waals surface area contributed by atoms with Crippen LogP contribution in [-0.2, 0) is 6.54 Å². The van der Waals surface area contributed by atoms with Gasteiger partial charge in [-0.2, -0.15) is 8.78 Å². The van der Waals surface area contributed by atoms with Crippen molar-refractivity contribution in [1.82, 2.24) is 10.6 Å². The number of hydrogen-bond donors (Lipinski definition) is 2. The molecule has 2 N–H and O–H groups in total. The van der Waals surface area contributed by atoms with E-state index in [0.717, 1.165) is 13.0 Å². The molecule has 0 aliphatic heterocycles. The van der Waals surface area contributed by atoms with E-state index in [2.05, 4.69) is 34.2 Å². The van der Waals surface area contributed by atoms with Gasteiger partial charge >= 0.3 is 6.61 Å². The second kappa shape index (κ2) is 9.86. The molecule has 7 heteroatoms. The summed E-state index contributed by atoms with van der Waals surface area (Å²) in [5.74, 6) is 1.89. The van der Waals surface area contributed by atoms with Gasteiger partial charge in [0.15, 0.2) is 5.96 Å². The van der Waals surface area contributed by atoms with E-state index in [4.69, 9.17) is 4.74 Å². The Labute approximate surface area is 136 Å². The maximum Gasteiger partial charge on any atom is 0.387 e. The summed E-state index contributed by atoms with van der Waals surface area (Å²) in [7, 11) is 3.18. The van der Waals surface area contributed by atoms with Crippen LogP contribution in [0.25, 0.3) is 0 Å². The van der Waals surface area contributed by atoms with Crippen molar-refractivity contribution in [3.05, 3.63) is 23.8 Å². The number of benzene rings is 1. The monoisotopic (exact) mass is 329 g/mol. The lowest BCUT2D eigenvalue weighted by atomic mass is 10.1. The standard InChI is InChI=1S/C16H25F2N3O2/c1-11(2)7-8-20-16(19-3)21-10-12-9-13(22-4)5-6-14(12)23-15(17)18/h5-6,9,11,15H,7-8,10H2,1-4H3,(H2,19,20,21). The molecule has 0 saturated heterocycles. The van der Waals surface area contributed by atoms with E-state index in [1.807, 2.05) is 0 Å². The van der Waals surface area contributed by atoms with E-state index in [-0.39, 0.29) is 5.75 Å². The molecule has 0 aliphatic rings. The normalized spacial score (nSPS) is 11.7. The van der Waals surface area contributed by atoms with Gasteiger partial charge in [0, 0.05) is 25.7 Å². The zero-order valence-corrected chi connectivity index (χ0v) is 14.0. The van der Waals surface area contributed by atoms with Crippen LogP contribution < -0.4 is 20.1 Å². The van der Waals surface area contributed by atoms with E-state index < -0.39 is 6.61 Å². The second-order valence-corrected chi connectivity index (χ2v) is 5.39. The van der Waals surface area contributed by atoms with Gasteiger partial charge in [0.1, 0.15) is 11.5 Å². The van der Waals surface area contributed by atoms with Crippen molar-refractivity contribution in [2.75, 3.05) is 20.7 Å². The summed E-state index contributed by atoms with van der Waals surface area (Å²) in [6.07, 6.45) is 1.01. The fraction of sp³-hybridized carbons (Fsp3) is 0.562. The van der Waals surface area contributed by atoms with Crippen LogP contribution >= 0.6 is 0 Å². The molecule has 0 atom stereocenters. The Hall–Kier alpha value is -2.05. The molecule has 0 fully saturated rings. The van der Waals surface area contributed by atoms with Gasteiger partial charge in [-0.25, -0.2) is 0 Å². The number of aliphatic imine (C=N–C) groups is 1. The molecule has 130 valence electrons. The van der Waals surface area contributed by atoms with E-state index >= 15 is 0 Å². The number of rotatable bonds is 8. The number of nitrogens with one attached hydrogen (secondary N) is 2. The zero-order chi connectivity index (χ0) is 17.2. The number of methoxy groups -OCH3 is 1. The Morgan fingerprint density at radius 1 is 1.26 bits per heavy atom. The molecule has 0 aliphatic carbocycles. The maximum atomic E-state index is 12.5. The lowest BCUT2D eigenvalue weighted by Gasteiger charge is -2.16. The summed E-state index contributed by atoms with van der Waals surface area (Å²) in [5, 5.41) is 6.26. The van der Waals surface area contributed by atoms with Crippen molar-refractivity contribution < 1.29 is 18.3 Å². The topological polar surface area (TPSA) is 54.9 Å². The number of nitrogens with zero attached hydrogens (tertiary/aromatic N) is 1. The molecule has 0 radical (unpaired) electrons. The van der Waals surface area contributed by atoms with E-state index in [9.17, 15) is 8.78 Å². The molecule has 0 saturated carbocycles. The number of alkyl halides is 2. The van der Waals surface area contributed by atoms with Gasteiger partial charge < -0.3 is 20.1 Å². The molecule has 0 aromatic heterocycles. The Morgan fingerprint density at radius 3 is 2.57 bits per heavy atom. The Balaban J connectivity index is 2.69. The van der Waals surface area contributed by atoms with Crippen LogP contribution in [0, 0.1) is 5.92 Å². The number of ether oxygens (including phenoxy) is 2. The first-order chi connectivity index (χ1) is 11.0. The summed E-state index contributed by atoms with van der Waals surface area (Å²) >= 11 is 0. The van der Waals surface area contributed by atoms with Crippen LogP contribution in [0.15, 0.2) is 23.2 Å². The zero-order valence-electron chi connectivity index (χ0n) is 14.0. The SMILES string of the molecule is CN=C(NCCC(C)C)NCc1cc(OC)ccc1OC(F)F. The van der Waals surface area contributed by atoms with Crippen LogP contribution in [0.3, 0.4) is 0 Å². The molecule has 0 heterocycles. The number of hydrogen-bond acceptors (Lipinski definition) is 3. The van der Waals surface area contributed by atoms with Gasteiger partial charge in [-0.3, -0.25) is 4.99 Å². The molecule has 0 unspecified atom stereocenters. The quantitative estimate of drug-likeness (QED) is 0.569. The van der Waals surface area contributed by atoms with Crippen LogP contribution in [-0.4, -0.2) is 33.3 Å². The predicted octanol–water partition coefficient (Wildman–Crippen LogP) is 3.01. The lowest BCUT2D eigenvalue weighted by Crippen LogP contribution is -2.37. The summed E-state index contributed by atoms with van der Waals surface area (Å²) in [6, 6.07) is 4.71. The number of guanidine groups is 1. The third-order valence-corrected chi connectivity index (χ3v) is 3.17. The summed E-state index contributed by atoms with van der Waals surface area (Å²) < 4.78 is 34.6. The minimum atomic E-state index is -2.87. The van der Waals surface area contributed by atoms with Crippen LogP contribution in [0.4, 0.5) is 8.78 Å². The lowest BCUT2D eigenvalue weighted by molar-refractivity contribution is -0.0504. The van der Waals surface area contributed by atoms with Crippen molar-refractivity contribution in [3.8, 4) is 11.5 Å². The minimum Gasteiger partial charge on any atom is -0.497 e. The largest absolute Gasteiger partial charge is 0.497 e. The fourth-order valence-electron chi connectivity index (χ4n) is 1.91. The number of halogens is 2. The molecular weight excluding hydrogens is 304 g/mol. The van der Waals surface area contributed by atoms with E-state index in [1.54, 1.807) is 19.2 Å². The summed E-state index contributed by atoms with van der Waals surface area (Å²) in [5.41, 5.74) is 0.566. The van der Waals surface area contributed by atoms with Gasteiger partial charge in [-0.1, -0.05) is 13.8 Å². The molecule has 1 aromatic carbocycles. The second-order valence-electron chi connectivity index (χ2n) is 5.39. The average Bonchev–Trinajstić information content (AvgIpc) is 2.51. The summed E-state index contributed by atoms with van der Waals surface area (Å²) in [6.45, 7) is 2.49. The first-order valence-electron chi connectivity index (χ1n) is 7.52. The van der Waals surface area contributed by atoms with Crippen molar-refractivity contribution in [1.29, 1.82) is 0 Å². The molecule has 23 heavy (non-hydrogen) atoms. The molecule has 0 spiro atoms. The first-order valence-corrected chi connectivity index (χ1v) is 7.52. The summed E-state index contributed by atoms with van der Waals surface area (Å²) in [4.78, 5) is 4.11. The van der Waals surface area contributed by atoms with Gasteiger partial charge in [0.05, 0.1) is 7.11 Å². The van der Waals surface area contributed by atoms with Gasteiger partial charge in [-0.05, 0) is 30.5 Å². The fourth-order valence-corrected chi connectivity index (χ4v) is 1.91. The smallest absolute Gasteiger partial charge is 0.387 e. The van der Waals surface area contributed by atoms with Gasteiger partial charge in [0.25, 0.3) is 0 Å². The van der Waals surface area contributed by atoms with Crippen LogP contribution in [0.5, 0.6) is 11.5 Å². The van der Waals surface area contributed by atoms with E-state index in [0.29, 0.717) is 29.7 Å². The Morgan fingerprint density at radius 2 is 2.00 bits per heavy atom. The Kier molecular flexibility index (Phi) is 8.15. The van der Waals surface area contributed by atoms with Crippen molar-refractivity contribution in [2.24, 2.45) is 10.9 Å². The molecule has 1 rings (SSSR count). The predicted molar refractivity (Wildman–Crippen MR) is 87.3 cm³/mol. The van der Waals surface area contributed by atoms with Crippen molar-refractivity contribution in [2.45, 2.75) is 33.4 Å². The molecule has 5 nitrogen and oxygen atoms in total. The highest BCUT2D eigenvalue weighted by molar-refractivity contribution is 5.79. The highest BCUT2D eigenvalue weighted by atomic mass is 19.3. The Bertz CT molecular complexity index is 508. The first kappa shape index (κ1) is 19.0. The van der Waals surface area contributed by atoms with Gasteiger partial charge in [0.2, 0.25) is 0 Å². The minimum absolute atomic E-state index is 0.117. The third-order valence-electron chi connectivity index (χ3n) is 3.17. The highest BCUT2D eigenvalue weighted by Gasteiger charge is 2.11. The highest BCUT2D eigenvalue weighted by Crippen LogP contribution is 2.25. The van der Waals surface area contributed by atoms with Gasteiger partial charge in [-0.15, -0.1) is 0 Å². The molecule has 0 bridgehead atoms. The molecule has 1 aromatic rings. The van der Waals surface area contributed by atoms with Crippen molar-refractivity contribution in [3.63, 3.8) is 0 Å². The van der Waals surface area contributed by atoms with Crippen molar-refractivity contribution >= 4 is 5.96 Å². The molecular formula is C16H25F2N3O2. The molecule has 0 amide bonds.